The van der Waals surface area contributed by atoms with E-state index in [-0.39, 0.29) is 18.5 Å². The SMILES string of the molecule is COc1cc(C2CCN(C(=O)OC(C)(C)C)CC2)ccc1Nc1nccc(-n2ccc(C(=O)NCC#N)c2)n1. The van der Waals surface area contributed by atoms with Gasteiger partial charge in [0.2, 0.25) is 5.95 Å². The fourth-order valence-electron chi connectivity index (χ4n) is 4.36. The lowest BCUT2D eigenvalue weighted by Gasteiger charge is -2.33. The Balaban J connectivity index is 1.42. The highest BCUT2D eigenvalue weighted by Crippen LogP contribution is 2.35. The molecule has 3 heterocycles. The number of hydrogen-bond donors (Lipinski definition) is 2. The van der Waals surface area contributed by atoms with E-state index >= 15 is 0 Å². The predicted molar refractivity (Wildman–Crippen MR) is 145 cm³/mol. The fraction of sp³-hybridized carbons (Fsp3) is 0.393. The molecule has 0 unspecified atom stereocenters. The number of benzene rings is 1. The molecule has 1 aliphatic heterocycles. The molecular formula is C28H33N7O4. The lowest BCUT2D eigenvalue weighted by atomic mass is 9.89. The average Bonchev–Trinajstić information content (AvgIpc) is 3.42. The first-order chi connectivity index (χ1) is 18.7. The van der Waals surface area contributed by atoms with E-state index in [0.717, 1.165) is 18.4 Å². The van der Waals surface area contributed by atoms with E-state index in [2.05, 4.69) is 26.7 Å². The zero-order valence-corrected chi connectivity index (χ0v) is 22.6. The van der Waals surface area contributed by atoms with Crippen LogP contribution in [0.2, 0.25) is 0 Å². The zero-order valence-electron chi connectivity index (χ0n) is 22.6. The van der Waals surface area contributed by atoms with Crippen molar-refractivity contribution < 1.29 is 19.1 Å². The van der Waals surface area contributed by atoms with Gasteiger partial charge in [-0.15, -0.1) is 0 Å². The second-order valence-electron chi connectivity index (χ2n) is 10.2. The summed E-state index contributed by atoms with van der Waals surface area (Å²) in [5.41, 5.74) is 1.78. The number of piperidine rings is 1. The van der Waals surface area contributed by atoms with Gasteiger partial charge in [-0.05, 0) is 69.4 Å². The number of nitriles is 1. The summed E-state index contributed by atoms with van der Waals surface area (Å²) in [4.78, 5) is 35.2. The highest BCUT2D eigenvalue weighted by molar-refractivity contribution is 5.94. The number of rotatable bonds is 7. The Hall–Kier alpha value is -4.59. The number of carbonyl (C=O) groups excluding carboxylic acids is 2. The number of amides is 2. The van der Waals surface area contributed by atoms with Crippen molar-refractivity contribution in [1.82, 2.24) is 24.8 Å². The molecule has 1 aliphatic rings. The van der Waals surface area contributed by atoms with Crippen molar-refractivity contribution in [3.05, 3.63) is 60.0 Å². The molecule has 1 aromatic carbocycles. The van der Waals surface area contributed by atoms with Gasteiger partial charge in [-0.2, -0.15) is 10.2 Å². The Labute approximate surface area is 227 Å². The van der Waals surface area contributed by atoms with Gasteiger partial charge in [0.05, 0.1) is 24.4 Å². The molecule has 0 atom stereocenters. The number of nitrogens with zero attached hydrogens (tertiary/aromatic N) is 5. The van der Waals surface area contributed by atoms with Crippen molar-refractivity contribution in [2.75, 3.05) is 32.1 Å². The van der Waals surface area contributed by atoms with Crippen molar-refractivity contribution in [3.63, 3.8) is 0 Å². The molecule has 11 heteroatoms. The summed E-state index contributed by atoms with van der Waals surface area (Å²) in [6.07, 6.45) is 6.40. The Bertz CT molecular complexity index is 1360. The Morgan fingerprint density at radius 2 is 1.95 bits per heavy atom. The topological polar surface area (TPSA) is 134 Å². The van der Waals surface area contributed by atoms with Crippen LogP contribution in [0.25, 0.3) is 5.82 Å². The highest BCUT2D eigenvalue weighted by Gasteiger charge is 2.28. The quantitative estimate of drug-likeness (QED) is 0.429. The molecule has 0 aliphatic carbocycles. The lowest BCUT2D eigenvalue weighted by Crippen LogP contribution is -2.41. The molecule has 1 saturated heterocycles. The molecule has 0 spiro atoms. The van der Waals surface area contributed by atoms with Gasteiger partial charge < -0.3 is 29.6 Å². The van der Waals surface area contributed by atoms with Crippen LogP contribution < -0.4 is 15.4 Å². The van der Waals surface area contributed by atoms with Crippen LogP contribution in [0.3, 0.4) is 0 Å². The number of carbonyl (C=O) groups is 2. The van der Waals surface area contributed by atoms with Crippen LogP contribution in [0.1, 0.15) is 55.5 Å². The fourth-order valence-corrected chi connectivity index (χ4v) is 4.36. The van der Waals surface area contributed by atoms with Gasteiger partial charge in [0.1, 0.15) is 23.7 Å². The first kappa shape index (κ1) is 27.4. The Morgan fingerprint density at radius 3 is 2.64 bits per heavy atom. The number of aromatic nitrogens is 3. The summed E-state index contributed by atoms with van der Waals surface area (Å²) in [7, 11) is 1.62. The maximum atomic E-state index is 12.4. The molecule has 2 aromatic heterocycles. The van der Waals surface area contributed by atoms with Crippen LogP contribution in [-0.4, -0.2) is 63.8 Å². The molecule has 1 fully saturated rings. The highest BCUT2D eigenvalue weighted by atomic mass is 16.6. The van der Waals surface area contributed by atoms with E-state index in [1.54, 1.807) is 47.3 Å². The molecule has 39 heavy (non-hydrogen) atoms. The molecular weight excluding hydrogens is 498 g/mol. The number of likely N-dealkylation sites (tertiary alicyclic amines) is 1. The first-order valence-electron chi connectivity index (χ1n) is 12.8. The van der Waals surface area contributed by atoms with Gasteiger partial charge in [-0.1, -0.05) is 6.07 Å². The van der Waals surface area contributed by atoms with Crippen LogP contribution in [-0.2, 0) is 4.74 Å². The minimum Gasteiger partial charge on any atom is -0.495 e. The molecule has 0 radical (unpaired) electrons. The van der Waals surface area contributed by atoms with E-state index in [0.29, 0.717) is 47.8 Å². The summed E-state index contributed by atoms with van der Waals surface area (Å²) in [6, 6.07) is 11.3. The molecule has 2 N–H and O–H groups in total. The standard InChI is InChI=1S/C28H33N7O4/c1-28(2,3)39-27(37)34-14-8-19(9-15-34)20-5-6-22(23(17-20)38-4)32-26-31-12-7-24(33-26)35-16-10-21(18-35)25(36)30-13-11-29/h5-7,10,12,16-19H,8-9,13-15H2,1-4H3,(H,30,36)(H,31,32,33). The van der Waals surface area contributed by atoms with Crippen molar-refractivity contribution in [3.8, 4) is 17.6 Å². The molecule has 204 valence electrons. The summed E-state index contributed by atoms with van der Waals surface area (Å²) in [5.74, 6) is 1.57. The van der Waals surface area contributed by atoms with Crippen molar-refractivity contribution in [2.45, 2.75) is 45.1 Å². The van der Waals surface area contributed by atoms with Gasteiger partial charge in [0.25, 0.3) is 5.91 Å². The van der Waals surface area contributed by atoms with Gasteiger partial charge in [0.15, 0.2) is 0 Å². The minimum absolute atomic E-state index is 0.0581. The van der Waals surface area contributed by atoms with E-state index in [9.17, 15) is 9.59 Å². The van der Waals surface area contributed by atoms with Crippen LogP contribution in [0.15, 0.2) is 48.9 Å². The second kappa shape index (κ2) is 11.9. The normalized spacial score (nSPS) is 13.9. The van der Waals surface area contributed by atoms with E-state index in [4.69, 9.17) is 14.7 Å². The van der Waals surface area contributed by atoms with Gasteiger partial charge in [-0.3, -0.25) is 4.79 Å². The molecule has 11 nitrogen and oxygen atoms in total. The predicted octanol–water partition coefficient (Wildman–Crippen LogP) is 4.39. The maximum absolute atomic E-state index is 12.4. The third-order valence-electron chi connectivity index (χ3n) is 6.28. The van der Waals surface area contributed by atoms with Crippen molar-refractivity contribution in [2.24, 2.45) is 0 Å². The third kappa shape index (κ3) is 7.04. The van der Waals surface area contributed by atoms with Crippen LogP contribution in [0.5, 0.6) is 5.75 Å². The van der Waals surface area contributed by atoms with E-state index in [1.165, 1.54) is 0 Å². The largest absolute Gasteiger partial charge is 0.495 e. The average molecular weight is 532 g/mol. The summed E-state index contributed by atoms with van der Waals surface area (Å²) in [6.45, 7) is 6.84. The minimum atomic E-state index is -0.507. The smallest absolute Gasteiger partial charge is 0.410 e. The molecule has 0 saturated carbocycles. The van der Waals surface area contributed by atoms with Crippen LogP contribution in [0, 0.1) is 11.3 Å². The Kier molecular flexibility index (Phi) is 8.34. The number of anilines is 2. The van der Waals surface area contributed by atoms with Crippen LogP contribution in [0.4, 0.5) is 16.4 Å². The monoisotopic (exact) mass is 531 g/mol. The lowest BCUT2D eigenvalue weighted by molar-refractivity contribution is 0.0204. The van der Waals surface area contributed by atoms with Gasteiger partial charge in [-0.25, -0.2) is 9.78 Å². The second-order valence-corrected chi connectivity index (χ2v) is 10.2. The van der Waals surface area contributed by atoms with E-state index < -0.39 is 5.60 Å². The molecule has 0 bridgehead atoms. The zero-order chi connectivity index (χ0) is 28.0. The third-order valence-corrected chi connectivity index (χ3v) is 6.28. The Morgan fingerprint density at radius 1 is 1.18 bits per heavy atom. The van der Waals surface area contributed by atoms with E-state index in [1.807, 2.05) is 39.0 Å². The molecule has 4 rings (SSSR count). The summed E-state index contributed by atoms with van der Waals surface area (Å²) in [5, 5.41) is 14.4. The number of ether oxygens (including phenoxy) is 2. The van der Waals surface area contributed by atoms with Gasteiger partial charge >= 0.3 is 6.09 Å². The number of methoxy groups -OCH3 is 1. The molecule has 3 aromatic rings. The maximum Gasteiger partial charge on any atom is 0.410 e. The number of nitrogens with one attached hydrogen (secondary N) is 2. The molecule has 2 amide bonds. The van der Waals surface area contributed by atoms with Crippen molar-refractivity contribution in [1.29, 1.82) is 5.26 Å². The number of hydrogen-bond acceptors (Lipinski definition) is 8. The summed E-state index contributed by atoms with van der Waals surface area (Å²) >= 11 is 0. The van der Waals surface area contributed by atoms with Gasteiger partial charge in [0, 0.05) is 31.7 Å². The summed E-state index contributed by atoms with van der Waals surface area (Å²) < 4.78 is 12.9. The first-order valence-corrected chi connectivity index (χ1v) is 12.8. The van der Waals surface area contributed by atoms with Crippen LogP contribution >= 0.6 is 0 Å². The van der Waals surface area contributed by atoms with Crippen molar-refractivity contribution >= 4 is 23.6 Å².